The lowest BCUT2D eigenvalue weighted by Gasteiger charge is -2.46. The van der Waals surface area contributed by atoms with Crippen molar-refractivity contribution in [2.24, 2.45) is 0 Å². The number of carbonyl (C=O) groups is 1. The first-order valence-electron chi connectivity index (χ1n) is 11.0. The van der Waals surface area contributed by atoms with Gasteiger partial charge in [-0.3, -0.25) is 4.79 Å². The molecule has 3 aromatic rings. The molecule has 4 heteroatoms. The molecule has 2 heterocycles. The van der Waals surface area contributed by atoms with Gasteiger partial charge in [-0.25, -0.2) is 0 Å². The summed E-state index contributed by atoms with van der Waals surface area (Å²) in [5.74, 6) is 0.320. The van der Waals surface area contributed by atoms with E-state index in [1.54, 1.807) is 18.4 Å². The van der Waals surface area contributed by atoms with Crippen LogP contribution in [0.25, 0.3) is 0 Å². The van der Waals surface area contributed by atoms with Crippen LogP contribution in [0.15, 0.2) is 83.5 Å². The molecule has 162 valence electrons. The van der Waals surface area contributed by atoms with E-state index in [2.05, 4.69) is 56.3 Å². The van der Waals surface area contributed by atoms with Gasteiger partial charge in [-0.15, -0.1) is 0 Å². The second-order valence-corrected chi connectivity index (χ2v) is 9.12. The normalized spacial score (nSPS) is 20.3. The highest BCUT2D eigenvalue weighted by Crippen LogP contribution is 2.44. The highest BCUT2D eigenvalue weighted by molar-refractivity contribution is 5.91. The van der Waals surface area contributed by atoms with E-state index >= 15 is 0 Å². The number of amides is 1. The van der Waals surface area contributed by atoms with E-state index in [-0.39, 0.29) is 16.9 Å². The fourth-order valence-electron chi connectivity index (χ4n) is 4.83. The van der Waals surface area contributed by atoms with E-state index in [0.717, 1.165) is 31.4 Å². The summed E-state index contributed by atoms with van der Waals surface area (Å²) >= 11 is 0. The number of nitrogens with zero attached hydrogens (tertiary/aromatic N) is 1. The summed E-state index contributed by atoms with van der Waals surface area (Å²) in [5.41, 5.74) is 2.23. The van der Waals surface area contributed by atoms with Gasteiger partial charge in [0.15, 0.2) is 5.76 Å². The summed E-state index contributed by atoms with van der Waals surface area (Å²) in [6.07, 6.45) is 4.32. The molecule has 31 heavy (non-hydrogen) atoms. The van der Waals surface area contributed by atoms with Crippen molar-refractivity contribution in [2.75, 3.05) is 13.2 Å². The molecule has 0 bridgehead atoms. The summed E-state index contributed by atoms with van der Waals surface area (Å²) in [6, 6.07) is 24.4. The minimum Gasteiger partial charge on any atom is -0.459 e. The van der Waals surface area contributed by atoms with Crippen molar-refractivity contribution in [1.29, 1.82) is 0 Å². The summed E-state index contributed by atoms with van der Waals surface area (Å²) in [6.45, 7) is 6.27. The average molecular weight is 418 g/mol. The number of furan rings is 1. The summed E-state index contributed by atoms with van der Waals surface area (Å²) < 4.78 is 11.5. The van der Waals surface area contributed by atoms with Gasteiger partial charge in [0.05, 0.1) is 11.9 Å². The topological polar surface area (TPSA) is 42.7 Å². The van der Waals surface area contributed by atoms with Crippen LogP contribution in [-0.2, 0) is 16.7 Å². The molecule has 1 atom stereocenters. The Bertz CT molecular complexity index is 966. The standard InChI is InChI=1S/C27H31NO3/c1-26(2)21-27(16-19-31-26,23-12-7-4-8-13-23)15-17-28(20-22-10-5-3-6-11-22)25(29)24-14-9-18-30-24/h3-14,18H,15-17,19-21H2,1-2H3/t27-/m1/s1. The van der Waals surface area contributed by atoms with Crippen molar-refractivity contribution in [3.05, 3.63) is 95.9 Å². The van der Waals surface area contributed by atoms with E-state index < -0.39 is 0 Å². The Balaban J connectivity index is 1.60. The maximum absolute atomic E-state index is 13.3. The van der Waals surface area contributed by atoms with Crippen molar-refractivity contribution in [3.8, 4) is 0 Å². The zero-order valence-corrected chi connectivity index (χ0v) is 18.4. The average Bonchev–Trinajstić information content (AvgIpc) is 3.32. The highest BCUT2D eigenvalue weighted by Gasteiger charge is 2.42. The summed E-state index contributed by atoms with van der Waals surface area (Å²) in [5, 5.41) is 0. The first-order valence-corrected chi connectivity index (χ1v) is 11.0. The van der Waals surface area contributed by atoms with E-state index in [4.69, 9.17) is 9.15 Å². The fourth-order valence-corrected chi connectivity index (χ4v) is 4.83. The van der Waals surface area contributed by atoms with Gasteiger partial charge >= 0.3 is 0 Å². The van der Waals surface area contributed by atoms with Crippen LogP contribution in [0.5, 0.6) is 0 Å². The fraction of sp³-hybridized carbons (Fsp3) is 0.370. The van der Waals surface area contributed by atoms with E-state index in [1.807, 2.05) is 23.1 Å². The Labute approximate surface area is 184 Å². The van der Waals surface area contributed by atoms with Crippen LogP contribution in [0.2, 0.25) is 0 Å². The molecular weight excluding hydrogens is 386 g/mol. The van der Waals surface area contributed by atoms with Crippen LogP contribution < -0.4 is 0 Å². The maximum Gasteiger partial charge on any atom is 0.289 e. The highest BCUT2D eigenvalue weighted by atomic mass is 16.5. The Morgan fingerprint density at radius 2 is 1.68 bits per heavy atom. The zero-order valence-electron chi connectivity index (χ0n) is 18.4. The second kappa shape index (κ2) is 9.11. The molecule has 0 radical (unpaired) electrons. The first kappa shape index (κ1) is 21.4. The molecule has 1 saturated heterocycles. The number of hydrogen-bond acceptors (Lipinski definition) is 3. The van der Waals surface area contributed by atoms with E-state index in [1.165, 1.54) is 5.56 Å². The van der Waals surface area contributed by atoms with Crippen LogP contribution in [0, 0.1) is 0 Å². The van der Waals surface area contributed by atoms with Gasteiger partial charge in [-0.2, -0.15) is 0 Å². The second-order valence-electron chi connectivity index (χ2n) is 9.12. The predicted octanol–water partition coefficient (Wildman–Crippen LogP) is 5.84. The van der Waals surface area contributed by atoms with Gasteiger partial charge in [0.1, 0.15) is 0 Å². The van der Waals surface area contributed by atoms with Crippen LogP contribution >= 0.6 is 0 Å². The lowest BCUT2D eigenvalue weighted by atomic mass is 9.67. The Kier molecular flexibility index (Phi) is 6.28. The van der Waals surface area contributed by atoms with Crippen LogP contribution in [0.4, 0.5) is 0 Å². The van der Waals surface area contributed by atoms with Crippen LogP contribution in [0.3, 0.4) is 0 Å². The van der Waals surface area contributed by atoms with Crippen molar-refractivity contribution in [1.82, 2.24) is 4.90 Å². The first-order chi connectivity index (χ1) is 15.0. The van der Waals surface area contributed by atoms with E-state index in [9.17, 15) is 4.79 Å². The Morgan fingerprint density at radius 1 is 0.968 bits per heavy atom. The van der Waals surface area contributed by atoms with Gasteiger partial charge in [0.2, 0.25) is 0 Å². The largest absolute Gasteiger partial charge is 0.459 e. The molecule has 4 nitrogen and oxygen atoms in total. The quantitative estimate of drug-likeness (QED) is 0.485. The third-order valence-electron chi connectivity index (χ3n) is 6.32. The van der Waals surface area contributed by atoms with Crippen molar-refractivity contribution in [3.63, 3.8) is 0 Å². The molecule has 1 aromatic heterocycles. The molecule has 1 aliphatic rings. The van der Waals surface area contributed by atoms with Crippen molar-refractivity contribution >= 4 is 5.91 Å². The molecule has 0 aliphatic carbocycles. The van der Waals surface area contributed by atoms with Gasteiger partial charge < -0.3 is 14.1 Å². The minimum atomic E-state index is -0.191. The predicted molar refractivity (Wildman–Crippen MR) is 122 cm³/mol. The SMILES string of the molecule is CC1(C)C[C@](CCN(Cc2ccccc2)C(=O)c2ccco2)(c2ccccc2)CCO1. The molecule has 0 unspecified atom stereocenters. The molecule has 0 saturated carbocycles. The number of hydrogen-bond donors (Lipinski definition) is 0. The number of rotatable bonds is 7. The number of carbonyl (C=O) groups excluding carboxylic acids is 1. The van der Waals surface area contributed by atoms with Gasteiger partial charge in [0.25, 0.3) is 5.91 Å². The Hall–Kier alpha value is -2.85. The molecule has 1 fully saturated rings. The third kappa shape index (κ3) is 5.08. The van der Waals surface area contributed by atoms with Crippen LogP contribution in [0.1, 0.15) is 54.8 Å². The van der Waals surface area contributed by atoms with Gasteiger partial charge in [-0.05, 0) is 56.4 Å². The molecule has 0 N–H and O–H groups in total. The van der Waals surface area contributed by atoms with Gasteiger partial charge in [0, 0.05) is 25.1 Å². The molecule has 1 aliphatic heterocycles. The number of benzene rings is 2. The monoisotopic (exact) mass is 417 g/mol. The summed E-state index contributed by atoms with van der Waals surface area (Å²) in [7, 11) is 0. The molecule has 2 aromatic carbocycles. The zero-order chi connectivity index (χ0) is 21.7. The maximum atomic E-state index is 13.3. The van der Waals surface area contributed by atoms with Gasteiger partial charge in [-0.1, -0.05) is 60.7 Å². The van der Waals surface area contributed by atoms with Crippen molar-refractivity contribution in [2.45, 2.75) is 50.7 Å². The lowest BCUT2D eigenvalue weighted by Crippen LogP contribution is -2.46. The Morgan fingerprint density at radius 3 is 2.32 bits per heavy atom. The third-order valence-corrected chi connectivity index (χ3v) is 6.32. The molecule has 4 rings (SSSR count). The summed E-state index contributed by atoms with van der Waals surface area (Å²) in [4.78, 5) is 15.2. The lowest BCUT2D eigenvalue weighted by molar-refractivity contribution is -0.0850. The van der Waals surface area contributed by atoms with Crippen molar-refractivity contribution < 1.29 is 13.9 Å². The minimum absolute atomic E-state index is 0.0264. The van der Waals surface area contributed by atoms with Crippen LogP contribution in [-0.4, -0.2) is 29.6 Å². The molecule has 0 spiro atoms. The molecule has 1 amide bonds. The number of ether oxygens (including phenoxy) is 1. The molecular formula is C27H31NO3. The smallest absolute Gasteiger partial charge is 0.289 e. The van der Waals surface area contributed by atoms with E-state index in [0.29, 0.717) is 18.8 Å².